The summed E-state index contributed by atoms with van der Waals surface area (Å²) in [6.07, 6.45) is 5.65. The first-order valence-corrected chi connectivity index (χ1v) is 5.17. The van der Waals surface area contributed by atoms with Gasteiger partial charge >= 0.3 is 0 Å². The van der Waals surface area contributed by atoms with Crippen molar-refractivity contribution in [2.75, 3.05) is 5.43 Å². The van der Waals surface area contributed by atoms with E-state index < -0.39 is 0 Å². The number of fused-ring (bicyclic) bond motifs is 2. The zero-order valence-corrected chi connectivity index (χ0v) is 8.60. The number of allylic oxidation sites excluding steroid dienone is 4. The van der Waals surface area contributed by atoms with Crippen LogP contribution in [-0.2, 0) is 4.79 Å². The lowest BCUT2D eigenvalue weighted by Gasteiger charge is -2.13. The van der Waals surface area contributed by atoms with Gasteiger partial charge in [-0.2, -0.15) is 5.10 Å². The molecular formula is C13H10N2O. The number of para-hydroxylation sites is 1. The predicted octanol–water partition coefficient (Wildman–Crippen LogP) is 2.38. The van der Waals surface area contributed by atoms with Gasteiger partial charge in [0.2, 0.25) is 0 Å². The highest BCUT2D eigenvalue weighted by atomic mass is 16.1. The molecule has 16 heavy (non-hydrogen) atoms. The first-order valence-electron chi connectivity index (χ1n) is 5.17. The summed E-state index contributed by atoms with van der Waals surface area (Å²) < 4.78 is 0. The fraction of sp³-hybridized carbons (Fsp3) is 0.0769. The van der Waals surface area contributed by atoms with Gasteiger partial charge in [-0.25, -0.2) is 0 Å². The molecule has 1 aliphatic heterocycles. The van der Waals surface area contributed by atoms with Crippen molar-refractivity contribution >= 4 is 23.3 Å². The number of rotatable bonds is 0. The van der Waals surface area contributed by atoms with Crippen LogP contribution in [0, 0.1) is 0 Å². The van der Waals surface area contributed by atoms with Crippen molar-refractivity contribution in [3.63, 3.8) is 0 Å². The Morgan fingerprint density at radius 2 is 2.06 bits per heavy atom. The van der Waals surface area contributed by atoms with Crippen LogP contribution < -0.4 is 5.43 Å². The van der Waals surface area contributed by atoms with Crippen LogP contribution in [-0.4, -0.2) is 12.0 Å². The van der Waals surface area contributed by atoms with Gasteiger partial charge in [-0.3, -0.25) is 10.2 Å². The monoisotopic (exact) mass is 210 g/mol. The Morgan fingerprint density at radius 1 is 1.19 bits per heavy atom. The number of benzene rings is 1. The summed E-state index contributed by atoms with van der Waals surface area (Å²) in [7, 11) is 0. The molecule has 0 fully saturated rings. The Balaban J connectivity index is 2.23. The van der Waals surface area contributed by atoms with Crippen LogP contribution in [0.25, 0.3) is 5.57 Å². The molecule has 0 saturated carbocycles. The Kier molecular flexibility index (Phi) is 1.96. The van der Waals surface area contributed by atoms with Crippen molar-refractivity contribution in [1.82, 2.24) is 0 Å². The molecule has 0 unspecified atom stereocenters. The molecule has 1 N–H and O–H groups in total. The molecule has 0 amide bonds. The topological polar surface area (TPSA) is 41.5 Å². The number of anilines is 1. The highest BCUT2D eigenvalue weighted by molar-refractivity contribution is 6.09. The lowest BCUT2D eigenvalue weighted by Crippen LogP contribution is -2.03. The number of carbonyl (C=O) groups excluding carboxylic acids is 1. The summed E-state index contributed by atoms with van der Waals surface area (Å²) in [6.45, 7) is 0. The average Bonchev–Trinajstić information content (AvgIpc) is 2.48. The Morgan fingerprint density at radius 3 is 3.00 bits per heavy atom. The van der Waals surface area contributed by atoms with E-state index in [4.69, 9.17) is 0 Å². The van der Waals surface area contributed by atoms with E-state index in [1.807, 2.05) is 30.3 Å². The molecule has 1 aromatic rings. The summed E-state index contributed by atoms with van der Waals surface area (Å²) in [6, 6.07) is 7.90. The van der Waals surface area contributed by atoms with Crippen molar-refractivity contribution in [3.8, 4) is 0 Å². The van der Waals surface area contributed by atoms with Gasteiger partial charge in [0.05, 0.1) is 11.9 Å². The summed E-state index contributed by atoms with van der Waals surface area (Å²) in [4.78, 5) is 11.5. The molecule has 0 spiro atoms. The van der Waals surface area contributed by atoms with E-state index in [-0.39, 0.29) is 5.78 Å². The van der Waals surface area contributed by atoms with Gasteiger partial charge < -0.3 is 0 Å². The highest BCUT2D eigenvalue weighted by Crippen LogP contribution is 2.32. The normalized spacial score (nSPS) is 17.6. The molecule has 3 heteroatoms. The minimum Gasteiger partial charge on any atom is -0.294 e. The maximum absolute atomic E-state index is 11.5. The quantitative estimate of drug-likeness (QED) is 0.714. The minimum atomic E-state index is 0.142. The molecule has 1 heterocycles. The molecule has 0 bridgehead atoms. The molecular weight excluding hydrogens is 200 g/mol. The minimum absolute atomic E-state index is 0.142. The van der Waals surface area contributed by atoms with Crippen molar-refractivity contribution in [2.45, 2.75) is 6.42 Å². The fourth-order valence-corrected chi connectivity index (χ4v) is 2.01. The predicted molar refractivity (Wildman–Crippen MR) is 64.2 cm³/mol. The van der Waals surface area contributed by atoms with E-state index in [0.29, 0.717) is 6.42 Å². The first kappa shape index (κ1) is 9.09. The zero-order chi connectivity index (χ0) is 11.0. The molecule has 0 atom stereocenters. The van der Waals surface area contributed by atoms with Crippen LogP contribution in [0.15, 0.2) is 47.1 Å². The van der Waals surface area contributed by atoms with Crippen molar-refractivity contribution in [3.05, 3.63) is 47.6 Å². The zero-order valence-electron chi connectivity index (χ0n) is 8.60. The van der Waals surface area contributed by atoms with Crippen LogP contribution in [0.5, 0.6) is 0 Å². The van der Waals surface area contributed by atoms with E-state index in [0.717, 1.165) is 22.4 Å². The third-order valence-corrected chi connectivity index (χ3v) is 2.79. The standard InChI is InChI=1S/C13H10N2O/c16-10-6-5-9-8-14-15-13-4-2-1-3-11(13)12(9)7-10/h1-6,8,15H,7H2. The molecule has 1 aliphatic carbocycles. The van der Waals surface area contributed by atoms with E-state index in [9.17, 15) is 4.79 Å². The van der Waals surface area contributed by atoms with Crippen LogP contribution in [0.1, 0.15) is 12.0 Å². The summed E-state index contributed by atoms with van der Waals surface area (Å²) in [5.74, 6) is 0.142. The second kappa shape index (κ2) is 3.45. The van der Waals surface area contributed by atoms with E-state index in [1.165, 1.54) is 0 Å². The van der Waals surface area contributed by atoms with Crippen molar-refractivity contribution in [2.24, 2.45) is 5.10 Å². The molecule has 3 nitrogen and oxygen atoms in total. The molecule has 2 aliphatic rings. The first-order chi connectivity index (χ1) is 7.84. The Hall–Kier alpha value is -2.16. The third-order valence-electron chi connectivity index (χ3n) is 2.79. The lowest BCUT2D eigenvalue weighted by molar-refractivity contribution is -0.113. The van der Waals surface area contributed by atoms with Crippen LogP contribution in [0.2, 0.25) is 0 Å². The van der Waals surface area contributed by atoms with Crippen molar-refractivity contribution < 1.29 is 4.79 Å². The summed E-state index contributed by atoms with van der Waals surface area (Å²) in [5.41, 5.74) is 7.06. The van der Waals surface area contributed by atoms with Crippen LogP contribution in [0.3, 0.4) is 0 Å². The number of ketones is 1. The SMILES string of the molecule is O=C1C=CC2=C(C1)c1ccccc1NN=C2. The number of nitrogens with one attached hydrogen (secondary N) is 1. The van der Waals surface area contributed by atoms with Crippen LogP contribution in [0.4, 0.5) is 5.69 Å². The summed E-state index contributed by atoms with van der Waals surface area (Å²) >= 11 is 0. The Labute approximate surface area is 93.2 Å². The third kappa shape index (κ3) is 1.37. The molecule has 1 aromatic carbocycles. The van der Waals surface area contributed by atoms with Gasteiger partial charge in [-0.1, -0.05) is 18.2 Å². The van der Waals surface area contributed by atoms with Gasteiger partial charge in [0.15, 0.2) is 5.78 Å². The molecule has 0 aromatic heterocycles. The number of hydrogen-bond acceptors (Lipinski definition) is 3. The summed E-state index contributed by atoms with van der Waals surface area (Å²) in [5, 5.41) is 4.13. The van der Waals surface area contributed by atoms with Crippen LogP contribution >= 0.6 is 0 Å². The number of hydrogen-bond donors (Lipinski definition) is 1. The van der Waals surface area contributed by atoms with Crippen molar-refractivity contribution in [1.29, 1.82) is 0 Å². The average molecular weight is 210 g/mol. The van der Waals surface area contributed by atoms with E-state index in [1.54, 1.807) is 12.3 Å². The molecule has 78 valence electrons. The largest absolute Gasteiger partial charge is 0.294 e. The fourth-order valence-electron chi connectivity index (χ4n) is 2.01. The maximum Gasteiger partial charge on any atom is 0.160 e. The van der Waals surface area contributed by atoms with Gasteiger partial charge in [-0.05, 0) is 29.4 Å². The van der Waals surface area contributed by atoms with E-state index >= 15 is 0 Å². The highest BCUT2D eigenvalue weighted by Gasteiger charge is 2.18. The number of hydrazone groups is 1. The number of carbonyl (C=O) groups is 1. The second-order valence-electron chi connectivity index (χ2n) is 3.83. The Bertz CT molecular complexity index is 553. The maximum atomic E-state index is 11.5. The van der Waals surface area contributed by atoms with Gasteiger partial charge in [0, 0.05) is 12.0 Å². The lowest BCUT2D eigenvalue weighted by atomic mass is 9.91. The van der Waals surface area contributed by atoms with Gasteiger partial charge in [0.1, 0.15) is 0 Å². The second-order valence-corrected chi connectivity index (χ2v) is 3.83. The van der Waals surface area contributed by atoms with Gasteiger partial charge in [-0.15, -0.1) is 0 Å². The number of nitrogens with zero attached hydrogens (tertiary/aromatic N) is 1. The molecule has 3 rings (SSSR count). The van der Waals surface area contributed by atoms with Gasteiger partial charge in [0.25, 0.3) is 0 Å². The molecule has 0 radical (unpaired) electrons. The van der Waals surface area contributed by atoms with E-state index in [2.05, 4.69) is 10.5 Å². The molecule has 0 saturated heterocycles. The smallest absolute Gasteiger partial charge is 0.160 e.